The minimum absolute atomic E-state index is 0.0637. The summed E-state index contributed by atoms with van der Waals surface area (Å²) in [5, 5.41) is 2.01. The Kier molecular flexibility index (Phi) is 1.25. The van der Waals surface area contributed by atoms with Crippen LogP contribution in [0.1, 0.15) is 39.6 Å². The quantitative estimate of drug-likeness (QED) is 0.744. The number of nitrogens with zero attached hydrogens (tertiary/aromatic N) is 1. The molecular weight excluding hydrogens is 242 g/mol. The summed E-state index contributed by atoms with van der Waals surface area (Å²) in [6.07, 6.45) is -6.06. The number of carbonyl (C=O) groups is 2. The standard InChI is InChI=1S/C14H15N3O2/c1-8-5-6-12(13(18)16-8)17-7-10-9(14(17)19)3-2-4-11(10)15/h2-4,12H,1,5-7,15H2,(H,16,18)/t12-/m1/s1/i2D,3D,4D,5D2,6D2,12D. The second kappa shape index (κ2) is 4.12. The summed E-state index contributed by atoms with van der Waals surface area (Å²) in [6, 6.07) is -4.76. The average molecular weight is 265 g/mol. The molecule has 0 spiro atoms. The molecule has 0 unspecified atom stereocenters. The van der Waals surface area contributed by atoms with Gasteiger partial charge < -0.3 is 16.0 Å². The van der Waals surface area contributed by atoms with E-state index in [1.807, 2.05) is 5.32 Å². The van der Waals surface area contributed by atoms with Crippen LogP contribution in [0.15, 0.2) is 30.4 Å². The van der Waals surface area contributed by atoms with Gasteiger partial charge in [-0.05, 0) is 24.8 Å². The molecule has 2 amide bonds. The van der Waals surface area contributed by atoms with Gasteiger partial charge in [0.15, 0.2) is 0 Å². The first kappa shape index (κ1) is 5.77. The van der Waals surface area contributed by atoms with E-state index in [1.54, 1.807) is 0 Å². The van der Waals surface area contributed by atoms with Gasteiger partial charge in [-0.1, -0.05) is 12.6 Å². The van der Waals surface area contributed by atoms with Crippen molar-refractivity contribution in [2.24, 2.45) is 0 Å². The molecule has 2 aliphatic rings. The molecule has 98 valence electrons. The lowest BCUT2D eigenvalue weighted by Crippen LogP contribution is -2.49. The molecule has 19 heavy (non-hydrogen) atoms. The van der Waals surface area contributed by atoms with Crippen LogP contribution in [0.3, 0.4) is 0 Å². The molecule has 3 rings (SSSR count). The van der Waals surface area contributed by atoms with Crippen LogP contribution in [0.5, 0.6) is 0 Å². The maximum Gasteiger partial charge on any atom is 0.255 e. The first-order valence-corrected chi connectivity index (χ1v) is 5.42. The van der Waals surface area contributed by atoms with Crippen molar-refractivity contribution in [3.05, 3.63) is 41.5 Å². The third-order valence-corrected chi connectivity index (χ3v) is 2.87. The summed E-state index contributed by atoms with van der Waals surface area (Å²) in [5.74, 6) is -2.40. The minimum atomic E-state index is -3.19. The number of benzene rings is 1. The number of hydrogen-bond donors (Lipinski definition) is 2. The lowest BCUT2D eigenvalue weighted by Gasteiger charge is -2.30. The Morgan fingerprint density at radius 3 is 3.16 bits per heavy atom. The molecule has 0 bridgehead atoms. The van der Waals surface area contributed by atoms with Crippen LogP contribution >= 0.6 is 0 Å². The van der Waals surface area contributed by atoms with Gasteiger partial charge >= 0.3 is 0 Å². The van der Waals surface area contributed by atoms with Gasteiger partial charge in [0.2, 0.25) is 5.91 Å². The molecule has 0 radical (unpaired) electrons. The smallest absolute Gasteiger partial charge is 0.255 e. The fraction of sp³-hybridized carbons (Fsp3) is 0.286. The number of hydrogen-bond acceptors (Lipinski definition) is 3. The molecule has 1 saturated heterocycles. The van der Waals surface area contributed by atoms with Crippen molar-refractivity contribution in [3.8, 4) is 0 Å². The highest BCUT2D eigenvalue weighted by Crippen LogP contribution is 2.31. The zero-order chi connectivity index (χ0) is 20.7. The van der Waals surface area contributed by atoms with Gasteiger partial charge in [-0.15, -0.1) is 0 Å². The number of carbonyl (C=O) groups excluding carboxylic acids is 2. The van der Waals surface area contributed by atoms with Gasteiger partial charge in [-0.3, -0.25) is 9.59 Å². The fourth-order valence-electron chi connectivity index (χ4n) is 1.95. The van der Waals surface area contributed by atoms with Crippen LogP contribution in [0, 0.1) is 0 Å². The maximum absolute atomic E-state index is 12.9. The van der Waals surface area contributed by atoms with Crippen molar-refractivity contribution in [3.63, 3.8) is 0 Å². The molecule has 1 aromatic carbocycles. The van der Waals surface area contributed by atoms with E-state index >= 15 is 0 Å². The van der Waals surface area contributed by atoms with Gasteiger partial charge in [-0.2, -0.15) is 0 Å². The second-order valence-corrected chi connectivity index (χ2v) is 4.06. The van der Waals surface area contributed by atoms with Crippen molar-refractivity contribution in [2.45, 2.75) is 25.3 Å². The SMILES string of the molecule is [2H]c1c([2H])c(N)c2c(c1[2H])C(=O)N([C@@]1([2H])C(=O)NC(=C)C([2H])([2H])C1([2H])[2H])C2. The molecule has 0 aromatic heterocycles. The van der Waals surface area contributed by atoms with E-state index in [0.29, 0.717) is 4.90 Å². The Balaban J connectivity index is 2.22. The summed E-state index contributed by atoms with van der Waals surface area (Å²) in [6.45, 7) is 2.71. The zero-order valence-corrected chi connectivity index (χ0v) is 9.76. The van der Waals surface area contributed by atoms with Crippen molar-refractivity contribution >= 4 is 17.5 Å². The average Bonchev–Trinajstić information content (AvgIpc) is 2.93. The highest BCUT2D eigenvalue weighted by atomic mass is 16.2. The van der Waals surface area contributed by atoms with Gasteiger partial charge in [0.05, 0.1) is 5.48 Å². The van der Waals surface area contributed by atoms with Gasteiger partial charge in [0.1, 0.15) is 6.02 Å². The Bertz CT molecular complexity index is 932. The van der Waals surface area contributed by atoms with E-state index in [1.165, 1.54) is 0 Å². The summed E-state index contributed by atoms with van der Waals surface area (Å²) < 4.78 is 64.0. The van der Waals surface area contributed by atoms with Crippen molar-refractivity contribution in [2.75, 3.05) is 5.73 Å². The Morgan fingerprint density at radius 1 is 1.58 bits per heavy atom. The second-order valence-electron chi connectivity index (χ2n) is 4.06. The fourth-order valence-corrected chi connectivity index (χ4v) is 1.95. The van der Waals surface area contributed by atoms with Crippen molar-refractivity contribution in [1.29, 1.82) is 0 Å². The third-order valence-electron chi connectivity index (χ3n) is 2.87. The monoisotopic (exact) mass is 265 g/mol. The molecule has 1 atom stereocenters. The summed E-state index contributed by atoms with van der Waals surface area (Å²) >= 11 is 0. The Labute approximate surface area is 122 Å². The zero-order valence-electron chi connectivity index (χ0n) is 17.8. The van der Waals surface area contributed by atoms with Crippen LogP contribution in [0.4, 0.5) is 5.69 Å². The molecule has 1 aromatic rings. The van der Waals surface area contributed by atoms with Crippen LogP contribution in [0.25, 0.3) is 0 Å². The van der Waals surface area contributed by atoms with E-state index in [9.17, 15) is 9.59 Å². The number of nitrogens with two attached hydrogens (primary N) is 1. The van der Waals surface area contributed by atoms with E-state index in [0.717, 1.165) is 0 Å². The van der Waals surface area contributed by atoms with Gasteiger partial charge in [0, 0.05) is 34.5 Å². The normalized spacial score (nSPS) is 37.7. The molecular formula is C14H15N3O2. The Hall–Kier alpha value is -2.30. The number of anilines is 1. The number of allylic oxidation sites excluding steroid dienone is 1. The minimum Gasteiger partial charge on any atom is -0.398 e. The molecule has 0 saturated carbocycles. The van der Waals surface area contributed by atoms with E-state index < -0.39 is 66.5 Å². The molecule has 0 aliphatic carbocycles. The van der Waals surface area contributed by atoms with Crippen LogP contribution in [-0.2, 0) is 11.3 Å². The number of rotatable bonds is 1. The lowest BCUT2D eigenvalue weighted by atomic mass is 10.0. The van der Waals surface area contributed by atoms with E-state index in [2.05, 4.69) is 6.58 Å². The number of piperidine rings is 1. The Morgan fingerprint density at radius 2 is 2.37 bits per heavy atom. The van der Waals surface area contributed by atoms with Crippen molar-refractivity contribution in [1.82, 2.24) is 10.2 Å². The summed E-state index contributed by atoms with van der Waals surface area (Å²) in [5.41, 5.74) is 4.45. The number of nitrogen functional groups attached to an aromatic ring is 1. The molecule has 1 fully saturated rings. The largest absolute Gasteiger partial charge is 0.398 e. The highest BCUT2D eigenvalue weighted by Gasteiger charge is 2.38. The predicted molar refractivity (Wildman–Crippen MR) is 71.0 cm³/mol. The first-order valence-electron chi connectivity index (χ1n) is 9.42. The maximum atomic E-state index is 12.9. The van der Waals surface area contributed by atoms with Crippen LogP contribution < -0.4 is 11.1 Å². The number of fused-ring (bicyclic) bond motifs is 1. The van der Waals surface area contributed by atoms with Gasteiger partial charge in [-0.25, -0.2) is 0 Å². The molecule has 2 heterocycles. The molecule has 5 nitrogen and oxygen atoms in total. The van der Waals surface area contributed by atoms with E-state index in [4.69, 9.17) is 16.7 Å². The summed E-state index contributed by atoms with van der Waals surface area (Å²) in [4.78, 5) is 25.8. The van der Waals surface area contributed by atoms with Crippen molar-refractivity contribution < 1.29 is 20.6 Å². The van der Waals surface area contributed by atoms with E-state index in [-0.39, 0.29) is 11.3 Å². The first-order chi connectivity index (χ1) is 12.2. The van der Waals surface area contributed by atoms with Gasteiger partial charge in [0.25, 0.3) is 5.91 Å². The number of amides is 2. The van der Waals surface area contributed by atoms with Crippen LogP contribution in [0.2, 0.25) is 0 Å². The highest BCUT2D eigenvalue weighted by molar-refractivity contribution is 6.02. The van der Waals surface area contributed by atoms with Crippen LogP contribution in [-0.4, -0.2) is 22.7 Å². The molecule has 3 N–H and O–H groups in total. The lowest BCUT2D eigenvalue weighted by molar-refractivity contribution is -0.126. The molecule has 5 heteroatoms. The summed E-state index contributed by atoms with van der Waals surface area (Å²) in [7, 11) is 0. The third kappa shape index (κ3) is 1.78. The number of nitrogens with one attached hydrogen (secondary N) is 1. The predicted octanol–water partition coefficient (Wildman–Crippen LogP) is 1.02. The molecule has 2 aliphatic heterocycles. The topological polar surface area (TPSA) is 75.4 Å².